The maximum atomic E-state index is 2.32. The minimum Gasteiger partial charge on any atom is -0.342 e. The predicted molar refractivity (Wildman–Crippen MR) is 79.7 cm³/mol. The summed E-state index contributed by atoms with van der Waals surface area (Å²) in [6.07, 6.45) is 0. The van der Waals surface area contributed by atoms with Gasteiger partial charge < -0.3 is 4.90 Å². The molecule has 0 aliphatic rings. The molecule has 0 fully saturated rings. The van der Waals surface area contributed by atoms with Crippen molar-refractivity contribution in [2.24, 2.45) is 0 Å². The number of hydrogen-bond acceptors (Lipinski definition) is 1. The first-order valence-corrected chi connectivity index (χ1v) is 6.65. The van der Waals surface area contributed by atoms with Gasteiger partial charge in [-0.25, -0.2) is 0 Å². The fourth-order valence-electron chi connectivity index (χ4n) is 2.16. The Morgan fingerprint density at radius 2 is 1.39 bits per heavy atom. The molecule has 0 saturated carbocycles. The van der Waals surface area contributed by atoms with Crippen molar-refractivity contribution in [1.82, 2.24) is 0 Å². The summed E-state index contributed by atoms with van der Waals surface area (Å²) >= 11 is 0. The second-order valence-corrected chi connectivity index (χ2v) is 4.83. The Balaban J connectivity index is 2.28. The van der Waals surface area contributed by atoms with Gasteiger partial charge in [0.15, 0.2) is 0 Å². The molecule has 0 radical (unpaired) electrons. The lowest BCUT2D eigenvalue weighted by Crippen LogP contribution is -2.15. The van der Waals surface area contributed by atoms with Crippen molar-refractivity contribution >= 4 is 11.4 Å². The second-order valence-electron chi connectivity index (χ2n) is 4.83. The Hall–Kier alpha value is -1.76. The summed E-state index contributed by atoms with van der Waals surface area (Å²) in [6, 6.07) is 19.4. The van der Waals surface area contributed by atoms with Crippen LogP contribution in [0, 0.1) is 0 Å². The summed E-state index contributed by atoms with van der Waals surface area (Å²) in [5, 5.41) is 0. The summed E-state index contributed by atoms with van der Waals surface area (Å²) in [7, 11) is 0. The second kappa shape index (κ2) is 5.72. The van der Waals surface area contributed by atoms with Gasteiger partial charge in [-0.1, -0.05) is 44.2 Å². The maximum absolute atomic E-state index is 2.32. The van der Waals surface area contributed by atoms with E-state index in [0.717, 1.165) is 6.54 Å². The third-order valence-corrected chi connectivity index (χ3v) is 3.26. The van der Waals surface area contributed by atoms with Crippen LogP contribution in [0.25, 0.3) is 0 Å². The average Bonchev–Trinajstić information content (AvgIpc) is 2.41. The molecule has 0 unspecified atom stereocenters. The molecule has 18 heavy (non-hydrogen) atoms. The summed E-state index contributed by atoms with van der Waals surface area (Å²) in [4.78, 5) is 2.32. The van der Waals surface area contributed by atoms with Crippen LogP contribution in [-0.2, 0) is 0 Å². The first kappa shape index (κ1) is 12.7. The zero-order chi connectivity index (χ0) is 13.0. The third kappa shape index (κ3) is 2.73. The molecule has 0 spiro atoms. The van der Waals surface area contributed by atoms with E-state index in [1.165, 1.54) is 16.9 Å². The van der Waals surface area contributed by atoms with Crippen molar-refractivity contribution in [3.8, 4) is 0 Å². The fourth-order valence-corrected chi connectivity index (χ4v) is 2.16. The first-order valence-electron chi connectivity index (χ1n) is 6.65. The van der Waals surface area contributed by atoms with Crippen LogP contribution in [0.5, 0.6) is 0 Å². The molecule has 0 aliphatic carbocycles. The molecule has 0 heterocycles. The number of rotatable bonds is 4. The van der Waals surface area contributed by atoms with E-state index in [4.69, 9.17) is 0 Å². The van der Waals surface area contributed by atoms with Crippen LogP contribution < -0.4 is 4.90 Å². The number of nitrogens with zero attached hydrogens (tertiary/aromatic N) is 1. The van der Waals surface area contributed by atoms with Gasteiger partial charge in [-0.2, -0.15) is 0 Å². The molecule has 0 N–H and O–H groups in total. The van der Waals surface area contributed by atoms with Gasteiger partial charge in [0, 0.05) is 17.9 Å². The fraction of sp³-hybridized carbons (Fsp3) is 0.294. The van der Waals surface area contributed by atoms with E-state index >= 15 is 0 Å². The SMILES string of the molecule is CCN(c1ccccc1)c1ccc(C(C)C)cc1. The van der Waals surface area contributed by atoms with Gasteiger partial charge in [-0.05, 0) is 42.7 Å². The van der Waals surface area contributed by atoms with Gasteiger partial charge in [0.1, 0.15) is 0 Å². The Morgan fingerprint density at radius 3 is 1.89 bits per heavy atom. The highest BCUT2D eigenvalue weighted by molar-refractivity contribution is 5.63. The van der Waals surface area contributed by atoms with Crippen molar-refractivity contribution in [3.05, 3.63) is 60.2 Å². The van der Waals surface area contributed by atoms with Gasteiger partial charge in [0.25, 0.3) is 0 Å². The summed E-state index contributed by atoms with van der Waals surface area (Å²) < 4.78 is 0. The Morgan fingerprint density at radius 1 is 0.833 bits per heavy atom. The van der Waals surface area contributed by atoms with Crippen LogP contribution in [0.3, 0.4) is 0 Å². The molecule has 2 aromatic rings. The van der Waals surface area contributed by atoms with E-state index in [1.807, 2.05) is 0 Å². The zero-order valence-electron chi connectivity index (χ0n) is 11.4. The summed E-state index contributed by atoms with van der Waals surface area (Å²) in [5.74, 6) is 0.589. The van der Waals surface area contributed by atoms with Gasteiger partial charge in [-0.3, -0.25) is 0 Å². The number of anilines is 2. The van der Waals surface area contributed by atoms with Crippen molar-refractivity contribution in [3.63, 3.8) is 0 Å². The smallest absolute Gasteiger partial charge is 0.0410 e. The first-order chi connectivity index (χ1) is 8.72. The lowest BCUT2D eigenvalue weighted by molar-refractivity contribution is 0.866. The Kier molecular flexibility index (Phi) is 4.03. The quantitative estimate of drug-likeness (QED) is 0.728. The van der Waals surface area contributed by atoms with Gasteiger partial charge in [-0.15, -0.1) is 0 Å². The molecule has 0 bridgehead atoms. The van der Waals surface area contributed by atoms with Crippen LogP contribution in [0.2, 0.25) is 0 Å². The Bertz CT molecular complexity index is 471. The van der Waals surface area contributed by atoms with Gasteiger partial charge >= 0.3 is 0 Å². The molecule has 0 aromatic heterocycles. The highest BCUT2D eigenvalue weighted by Crippen LogP contribution is 2.26. The Labute approximate surface area is 110 Å². The van der Waals surface area contributed by atoms with Crippen LogP contribution in [0.1, 0.15) is 32.3 Å². The highest BCUT2D eigenvalue weighted by Gasteiger charge is 2.07. The predicted octanol–water partition coefficient (Wildman–Crippen LogP) is 4.97. The molecule has 2 aromatic carbocycles. The van der Waals surface area contributed by atoms with Crippen LogP contribution in [-0.4, -0.2) is 6.54 Å². The molecule has 0 aliphatic heterocycles. The minimum atomic E-state index is 0.589. The molecule has 94 valence electrons. The molecular formula is C17H21N. The molecule has 2 rings (SSSR count). The summed E-state index contributed by atoms with van der Waals surface area (Å²) in [6.45, 7) is 7.61. The monoisotopic (exact) mass is 239 g/mol. The zero-order valence-corrected chi connectivity index (χ0v) is 11.4. The van der Waals surface area contributed by atoms with E-state index in [-0.39, 0.29) is 0 Å². The minimum absolute atomic E-state index is 0.589. The molecule has 0 amide bonds. The van der Waals surface area contributed by atoms with E-state index in [9.17, 15) is 0 Å². The number of para-hydroxylation sites is 1. The normalized spacial score (nSPS) is 10.7. The van der Waals surface area contributed by atoms with E-state index in [1.54, 1.807) is 0 Å². The highest BCUT2D eigenvalue weighted by atomic mass is 15.1. The van der Waals surface area contributed by atoms with Crippen LogP contribution >= 0.6 is 0 Å². The topological polar surface area (TPSA) is 3.24 Å². The number of benzene rings is 2. The van der Waals surface area contributed by atoms with E-state index in [0.29, 0.717) is 5.92 Å². The molecular weight excluding hydrogens is 218 g/mol. The standard InChI is InChI=1S/C17H21N/c1-4-18(16-8-6-5-7-9-16)17-12-10-15(11-13-17)14(2)3/h5-14H,4H2,1-3H3. The van der Waals surface area contributed by atoms with Crippen LogP contribution in [0.15, 0.2) is 54.6 Å². The van der Waals surface area contributed by atoms with Gasteiger partial charge in [0.2, 0.25) is 0 Å². The molecule has 0 saturated heterocycles. The van der Waals surface area contributed by atoms with Crippen molar-refractivity contribution < 1.29 is 0 Å². The van der Waals surface area contributed by atoms with Crippen molar-refractivity contribution in [2.45, 2.75) is 26.7 Å². The average molecular weight is 239 g/mol. The molecule has 1 heteroatoms. The largest absolute Gasteiger partial charge is 0.342 e. The van der Waals surface area contributed by atoms with Crippen LogP contribution in [0.4, 0.5) is 11.4 Å². The van der Waals surface area contributed by atoms with Crippen molar-refractivity contribution in [2.75, 3.05) is 11.4 Å². The van der Waals surface area contributed by atoms with E-state index < -0.39 is 0 Å². The maximum Gasteiger partial charge on any atom is 0.0410 e. The van der Waals surface area contributed by atoms with E-state index in [2.05, 4.69) is 80.3 Å². The molecule has 1 nitrogen and oxygen atoms in total. The summed E-state index contributed by atoms with van der Waals surface area (Å²) in [5.41, 5.74) is 3.90. The van der Waals surface area contributed by atoms with Gasteiger partial charge in [0.05, 0.1) is 0 Å². The van der Waals surface area contributed by atoms with Crippen molar-refractivity contribution in [1.29, 1.82) is 0 Å². The number of hydrogen-bond donors (Lipinski definition) is 0. The third-order valence-electron chi connectivity index (χ3n) is 3.26. The molecule has 0 atom stereocenters. The lowest BCUT2D eigenvalue weighted by Gasteiger charge is -2.23. The lowest BCUT2D eigenvalue weighted by atomic mass is 10.0.